The monoisotopic (exact) mass is 433 g/mol. The Morgan fingerprint density at radius 2 is 1.93 bits per heavy atom. The number of aromatic nitrogens is 2. The third-order valence-corrected chi connectivity index (χ3v) is 7.09. The molecular weight excluding hydrogens is 414 g/mol. The van der Waals surface area contributed by atoms with E-state index in [2.05, 4.69) is 21.4 Å². The molecule has 0 radical (unpaired) electrons. The topological polar surface area (TPSA) is 95.5 Å². The first-order chi connectivity index (χ1) is 13.8. The number of hydrogen-bond acceptors (Lipinski definition) is 6. The van der Waals surface area contributed by atoms with Gasteiger partial charge >= 0.3 is 0 Å². The second-order valence-corrected chi connectivity index (χ2v) is 8.73. The second kappa shape index (κ2) is 8.78. The molecule has 1 N–H and O–H groups in total. The van der Waals surface area contributed by atoms with Gasteiger partial charge in [0.2, 0.25) is 10.0 Å². The quantitative estimate of drug-likeness (QED) is 0.714. The molecule has 1 saturated heterocycles. The number of carbonyl (C=O) groups is 1. The Kier molecular flexibility index (Phi) is 6.37. The number of nitrogens with one attached hydrogen (secondary N) is 1. The summed E-state index contributed by atoms with van der Waals surface area (Å²) in [6, 6.07) is 8.12. The lowest BCUT2D eigenvalue weighted by Gasteiger charge is -2.34. The van der Waals surface area contributed by atoms with Gasteiger partial charge in [0.05, 0.1) is 11.4 Å². The van der Waals surface area contributed by atoms with Crippen LogP contribution in [0.1, 0.15) is 16.1 Å². The molecule has 2 heterocycles. The second-order valence-electron chi connectivity index (χ2n) is 6.42. The van der Waals surface area contributed by atoms with Crippen LogP contribution in [0.5, 0.6) is 0 Å². The zero-order chi connectivity index (χ0) is 21.0. The summed E-state index contributed by atoms with van der Waals surface area (Å²) < 4.78 is 27.4. The fraction of sp³-hybridized carbons (Fsp3) is 0.316. The lowest BCUT2D eigenvalue weighted by Crippen LogP contribution is -2.49. The maximum Gasteiger partial charge on any atom is 0.272 e. The molecule has 152 valence electrons. The molecule has 0 atom stereocenters. The molecule has 1 aliphatic rings. The van der Waals surface area contributed by atoms with Gasteiger partial charge in [-0.3, -0.25) is 4.79 Å². The number of rotatable bonds is 5. The molecule has 2 aromatic rings. The van der Waals surface area contributed by atoms with Crippen LogP contribution in [0.4, 0.5) is 5.82 Å². The zero-order valence-electron chi connectivity index (χ0n) is 15.8. The number of amides is 1. The first-order valence-corrected chi connectivity index (χ1v) is 10.7. The number of hydrogen-bond donors (Lipinski definition) is 1. The SMILES string of the molecule is C#CCNC(=O)c1ccc(N2CCN(S(=O)(=O)c3cccc(Cl)c3C)CC2)nn1. The molecule has 8 nitrogen and oxygen atoms in total. The van der Waals surface area contributed by atoms with Crippen molar-refractivity contribution >= 4 is 33.3 Å². The van der Waals surface area contributed by atoms with Gasteiger partial charge in [0, 0.05) is 31.2 Å². The van der Waals surface area contributed by atoms with Crippen molar-refractivity contribution in [3.05, 3.63) is 46.6 Å². The van der Waals surface area contributed by atoms with E-state index in [1.54, 1.807) is 37.3 Å². The highest BCUT2D eigenvalue weighted by Gasteiger charge is 2.30. The number of nitrogens with zero attached hydrogens (tertiary/aromatic N) is 4. The highest BCUT2D eigenvalue weighted by atomic mass is 35.5. The van der Waals surface area contributed by atoms with Crippen molar-refractivity contribution in [2.75, 3.05) is 37.6 Å². The predicted octanol–water partition coefficient (Wildman–Crippen LogP) is 1.31. The predicted molar refractivity (Wildman–Crippen MR) is 110 cm³/mol. The van der Waals surface area contributed by atoms with Crippen molar-refractivity contribution in [2.24, 2.45) is 0 Å². The van der Waals surface area contributed by atoms with E-state index in [1.807, 2.05) is 4.90 Å². The number of benzene rings is 1. The van der Waals surface area contributed by atoms with Gasteiger partial charge < -0.3 is 10.2 Å². The summed E-state index contributed by atoms with van der Waals surface area (Å²) in [4.78, 5) is 14.0. The van der Waals surface area contributed by atoms with Gasteiger partial charge in [-0.2, -0.15) is 4.31 Å². The van der Waals surface area contributed by atoms with Crippen LogP contribution in [-0.2, 0) is 10.0 Å². The van der Waals surface area contributed by atoms with E-state index >= 15 is 0 Å². The normalized spacial score (nSPS) is 15.0. The number of halogens is 1. The van der Waals surface area contributed by atoms with Gasteiger partial charge in [-0.05, 0) is 36.8 Å². The standard InChI is InChI=1S/C19H20ClN5O3S/c1-3-9-21-19(26)16-7-8-18(23-22-16)24-10-12-25(13-11-24)29(27,28)17-6-4-5-15(20)14(17)2/h1,4-8H,9-13H2,2H3,(H,21,26). The molecule has 0 spiro atoms. The van der Waals surface area contributed by atoms with Crippen LogP contribution < -0.4 is 10.2 Å². The van der Waals surface area contributed by atoms with Gasteiger partial charge in [-0.15, -0.1) is 16.6 Å². The maximum absolute atomic E-state index is 13.0. The van der Waals surface area contributed by atoms with Crippen LogP contribution in [0.2, 0.25) is 5.02 Å². The van der Waals surface area contributed by atoms with E-state index in [-0.39, 0.29) is 17.1 Å². The summed E-state index contributed by atoms with van der Waals surface area (Å²) >= 11 is 6.08. The summed E-state index contributed by atoms with van der Waals surface area (Å²) in [6.45, 7) is 3.33. The van der Waals surface area contributed by atoms with Crippen LogP contribution in [-0.4, -0.2) is 61.6 Å². The molecule has 1 fully saturated rings. The molecule has 1 amide bonds. The highest BCUT2D eigenvalue weighted by Crippen LogP contribution is 2.26. The van der Waals surface area contributed by atoms with Crippen LogP contribution in [0.15, 0.2) is 35.2 Å². The molecule has 1 aliphatic heterocycles. The number of sulfonamides is 1. The Hall–Kier alpha value is -2.67. The van der Waals surface area contributed by atoms with Crippen molar-refractivity contribution < 1.29 is 13.2 Å². The molecule has 1 aromatic carbocycles. The minimum absolute atomic E-state index is 0.116. The van der Waals surface area contributed by atoms with E-state index in [0.717, 1.165) is 0 Å². The first-order valence-electron chi connectivity index (χ1n) is 8.90. The van der Waals surface area contributed by atoms with Crippen LogP contribution in [0, 0.1) is 19.3 Å². The minimum Gasteiger partial charge on any atom is -0.352 e. The summed E-state index contributed by atoms with van der Waals surface area (Å²) in [7, 11) is -3.63. The van der Waals surface area contributed by atoms with Crippen LogP contribution in [0.25, 0.3) is 0 Å². The summed E-state index contributed by atoms with van der Waals surface area (Å²) in [5.74, 6) is 2.50. The molecule has 0 bridgehead atoms. The first kappa shape index (κ1) is 21.0. The minimum atomic E-state index is -3.63. The Morgan fingerprint density at radius 3 is 2.55 bits per heavy atom. The van der Waals surface area contributed by atoms with Crippen molar-refractivity contribution in [1.82, 2.24) is 19.8 Å². The van der Waals surface area contributed by atoms with Gasteiger partial charge in [0.15, 0.2) is 11.5 Å². The number of terminal acetylenes is 1. The van der Waals surface area contributed by atoms with E-state index < -0.39 is 15.9 Å². The van der Waals surface area contributed by atoms with Gasteiger partial charge in [-0.25, -0.2) is 8.42 Å². The van der Waals surface area contributed by atoms with E-state index in [4.69, 9.17) is 18.0 Å². The summed E-state index contributed by atoms with van der Waals surface area (Å²) in [6.07, 6.45) is 5.11. The maximum atomic E-state index is 13.0. The average molecular weight is 434 g/mol. The molecule has 0 aliphatic carbocycles. The fourth-order valence-electron chi connectivity index (χ4n) is 3.00. The van der Waals surface area contributed by atoms with Crippen molar-refractivity contribution in [3.8, 4) is 12.3 Å². The smallest absolute Gasteiger partial charge is 0.272 e. The van der Waals surface area contributed by atoms with E-state index in [1.165, 1.54) is 4.31 Å². The molecule has 1 aromatic heterocycles. The number of carbonyl (C=O) groups excluding carboxylic acids is 1. The van der Waals surface area contributed by atoms with E-state index in [0.29, 0.717) is 42.6 Å². The van der Waals surface area contributed by atoms with Crippen LogP contribution in [0.3, 0.4) is 0 Å². The Morgan fingerprint density at radius 1 is 1.21 bits per heavy atom. The van der Waals surface area contributed by atoms with Crippen molar-refractivity contribution in [3.63, 3.8) is 0 Å². The average Bonchev–Trinajstić information content (AvgIpc) is 2.74. The molecule has 29 heavy (non-hydrogen) atoms. The molecule has 0 saturated carbocycles. The fourth-order valence-corrected chi connectivity index (χ4v) is 4.90. The third-order valence-electron chi connectivity index (χ3n) is 4.63. The van der Waals surface area contributed by atoms with Crippen molar-refractivity contribution in [2.45, 2.75) is 11.8 Å². The van der Waals surface area contributed by atoms with E-state index in [9.17, 15) is 13.2 Å². The highest BCUT2D eigenvalue weighted by molar-refractivity contribution is 7.89. The van der Waals surface area contributed by atoms with Crippen molar-refractivity contribution in [1.29, 1.82) is 0 Å². The molecular formula is C19H20ClN5O3S. The van der Waals surface area contributed by atoms with Crippen LogP contribution >= 0.6 is 11.6 Å². The molecule has 10 heteroatoms. The zero-order valence-corrected chi connectivity index (χ0v) is 17.4. The Labute approximate surface area is 174 Å². The number of piperazine rings is 1. The number of anilines is 1. The Balaban J connectivity index is 1.67. The molecule has 0 unspecified atom stereocenters. The Bertz CT molecular complexity index is 1040. The van der Waals surface area contributed by atoms with Gasteiger partial charge in [-0.1, -0.05) is 23.6 Å². The lowest BCUT2D eigenvalue weighted by molar-refractivity contribution is 0.0952. The third kappa shape index (κ3) is 4.50. The van der Waals surface area contributed by atoms with Gasteiger partial charge in [0.25, 0.3) is 5.91 Å². The molecule has 3 rings (SSSR count). The largest absolute Gasteiger partial charge is 0.352 e. The summed E-state index contributed by atoms with van der Waals surface area (Å²) in [5, 5.41) is 10.9. The lowest BCUT2D eigenvalue weighted by atomic mass is 10.2. The summed E-state index contributed by atoms with van der Waals surface area (Å²) in [5.41, 5.74) is 0.711. The van der Waals surface area contributed by atoms with Gasteiger partial charge in [0.1, 0.15) is 0 Å².